The standard InChI is InChI=1S/C14H13ClFN3O/c1-9-7-17-14(20-9)8-19-12-3-2-10(16)6-11(12)18-13(19)4-5-15/h2-3,6-7H,4-5,8H2,1H3. The number of oxazole rings is 1. The number of aromatic nitrogens is 3. The Morgan fingerprint density at radius 2 is 2.25 bits per heavy atom. The molecule has 0 atom stereocenters. The minimum absolute atomic E-state index is 0.299. The highest BCUT2D eigenvalue weighted by Crippen LogP contribution is 2.20. The number of imidazole rings is 1. The lowest BCUT2D eigenvalue weighted by Crippen LogP contribution is -2.06. The van der Waals surface area contributed by atoms with E-state index in [1.165, 1.54) is 12.1 Å². The number of benzene rings is 1. The largest absolute Gasteiger partial charge is 0.444 e. The summed E-state index contributed by atoms with van der Waals surface area (Å²) in [7, 11) is 0. The second-order valence-electron chi connectivity index (χ2n) is 4.55. The van der Waals surface area contributed by atoms with Gasteiger partial charge in [0.05, 0.1) is 17.2 Å². The molecule has 3 aromatic rings. The summed E-state index contributed by atoms with van der Waals surface area (Å²) in [5.74, 6) is 2.32. The number of hydrogen-bond acceptors (Lipinski definition) is 3. The molecule has 0 radical (unpaired) electrons. The molecule has 0 saturated heterocycles. The molecular formula is C14H13ClFN3O. The molecule has 104 valence electrons. The van der Waals surface area contributed by atoms with E-state index < -0.39 is 0 Å². The molecule has 0 bridgehead atoms. The van der Waals surface area contributed by atoms with Crippen LogP contribution in [0.2, 0.25) is 0 Å². The van der Waals surface area contributed by atoms with Crippen molar-refractivity contribution in [3.05, 3.63) is 47.7 Å². The highest BCUT2D eigenvalue weighted by molar-refractivity contribution is 6.17. The fourth-order valence-corrected chi connectivity index (χ4v) is 2.38. The predicted molar refractivity (Wildman–Crippen MR) is 74.5 cm³/mol. The van der Waals surface area contributed by atoms with Crippen molar-refractivity contribution >= 4 is 22.6 Å². The average Bonchev–Trinajstić information content (AvgIpc) is 2.95. The molecule has 0 unspecified atom stereocenters. The van der Waals surface area contributed by atoms with E-state index in [4.69, 9.17) is 16.0 Å². The van der Waals surface area contributed by atoms with Gasteiger partial charge in [-0.05, 0) is 19.1 Å². The fraction of sp³-hybridized carbons (Fsp3) is 0.286. The van der Waals surface area contributed by atoms with E-state index in [2.05, 4.69) is 9.97 Å². The molecule has 20 heavy (non-hydrogen) atoms. The van der Waals surface area contributed by atoms with Crippen molar-refractivity contribution in [3.8, 4) is 0 Å². The second kappa shape index (κ2) is 5.25. The Hall–Kier alpha value is -1.88. The Bertz CT molecular complexity index is 750. The number of hydrogen-bond donors (Lipinski definition) is 0. The van der Waals surface area contributed by atoms with Gasteiger partial charge in [-0.1, -0.05) is 0 Å². The number of halogens is 2. The van der Waals surface area contributed by atoms with Crippen molar-refractivity contribution in [3.63, 3.8) is 0 Å². The van der Waals surface area contributed by atoms with Gasteiger partial charge >= 0.3 is 0 Å². The average molecular weight is 294 g/mol. The molecule has 0 N–H and O–H groups in total. The Labute approximate surface area is 120 Å². The first-order chi connectivity index (χ1) is 9.67. The Kier molecular flexibility index (Phi) is 3.44. The van der Waals surface area contributed by atoms with Crippen molar-refractivity contribution in [1.82, 2.24) is 14.5 Å². The van der Waals surface area contributed by atoms with Gasteiger partial charge in [0.2, 0.25) is 5.89 Å². The molecule has 0 saturated carbocycles. The van der Waals surface area contributed by atoms with Crippen molar-refractivity contribution in [1.29, 1.82) is 0 Å². The zero-order chi connectivity index (χ0) is 14.1. The van der Waals surface area contributed by atoms with Crippen molar-refractivity contribution in [2.75, 3.05) is 5.88 Å². The SMILES string of the molecule is Cc1cnc(Cn2c(CCCl)nc3cc(F)ccc32)o1. The molecular weight excluding hydrogens is 281 g/mol. The normalized spacial score (nSPS) is 11.3. The smallest absolute Gasteiger partial charge is 0.214 e. The summed E-state index contributed by atoms with van der Waals surface area (Å²) in [5.41, 5.74) is 1.47. The highest BCUT2D eigenvalue weighted by Gasteiger charge is 2.13. The molecule has 0 fully saturated rings. The van der Waals surface area contributed by atoms with E-state index in [1.54, 1.807) is 12.3 Å². The van der Waals surface area contributed by atoms with E-state index >= 15 is 0 Å². The first-order valence-corrected chi connectivity index (χ1v) is 6.83. The van der Waals surface area contributed by atoms with Crippen LogP contribution in [0.1, 0.15) is 17.5 Å². The van der Waals surface area contributed by atoms with Crippen molar-refractivity contribution in [2.24, 2.45) is 0 Å². The van der Waals surface area contributed by atoms with E-state index in [-0.39, 0.29) is 5.82 Å². The van der Waals surface area contributed by atoms with Crippen LogP contribution >= 0.6 is 11.6 Å². The van der Waals surface area contributed by atoms with E-state index in [1.807, 2.05) is 11.5 Å². The summed E-state index contributed by atoms with van der Waals surface area (Å²) >= 11 is 5.81. The lowest BCUT2D eigenvalue weighted by atomic mass is 10.3. The molecule has 0 aliphatic rings. The first-order valence-electron chi connectivity index (χ1n) is 6.29. The van der Waals surface area contributed by atoms with Gasteiger partial charge in [0, 0.05) is 18.4 Å². The van der Waals surface area contributed by atoms with Crippen molar-refractivity contribution < 1.29 is 8.81 Å². The third kappa shape index (κ3) is 2.41. The molecule has 0 spiro atoms. The lowest BCUT2D eigenvalue weighted by Gasteiger charge is -2.05. The molecule has 1 aromatic carbocycles. The zero-order valence-corrected chi connectivity index (χ0v) is 11.7. The van der Waals surface area contributed by atoms with Crippen LogP contribution < -0.4 is 0 Å². The van der Waals surface area contributed by atoms with Crippen LogP contribution in [0.5, 0.6) is 0 Å². The Morgan fingerprint density at radius 1 is 1.40 bits per heavy atom. The minimum atomic E-state index is -0.299. The van der Waals surface area contributed by atoms with Crippen LogP contribution in [0.25, 0.3) is 11.0 Å². The summed E-state index contributed by atoms with van der Waals surface area (Å²) in [6.45, 7) is 2.31. The summed E-state index contributed by atoms with van der Waals surface area (Å²) in [5, 5.41) is 0. The third-order valence-electron chi connectivity index (χ3n) is 3.07. The quantitative estimate of drug-likeness (QED) is 0.693. The highest BCUT2D eigenvalue weighted by atomic mass is 35.5. The molecule has 2 heterocycles. The number of aryl methyl sites for hydroxylation is 2. The summed E-state index contributed by atoms with van der Waals surface area (Å²) in [6.07, 6.45) is 2.28. The Balaban J connectivity index is 2.08. The topological polar surface area (TPSA) is 43.9 Å². The minimum Gasteiger partial charge on any atom is -0.444 e. The summed E-state index contributed by atoms with van der Waals surface area (Å²) < 4.78 is 20.7. The van der Waals surface area contributed by atoms with Gasteiger partial charge in [0.1, 0.15) is 23.9 Å². The zero-order valence-electron chi connectivity index (χ0n) is 10.9. The predicted octanol–water partition coefficient (Wildman–Crippen LogP) is 3.30. The van der Waals surface area contributed by atoms with E-state index in [0.717, 1.165) is 17.1 Å². The maximum atomic E-state index is 13.3. The van der Waals surface area contributed by atoms with Gasteiger partial charge in [0.15, 0.2) is 0 Å². The molecule has 6 heteroatoms. The lowest BCUT2D eigenvalue weighted by molar-refractivity contribution is 0.456. The van der Waals surface area contributed by atoms with Gasteiger partial charge in [-0.15, -0.1) is 11.6 Å². The van der Waals surface area contributed by atoms with Gasteiger partial charge in [-0.25, -0.2) is 14.4 Å². The molecule has 0 aliphatic heterocycles. The van der Waals surface area contributed by atoms with Gasteiger partial charge < -0.3 is 8.98 Å². The second-order valence-corrected chi connectivity index (χ2v) is 4.93. The van der Waals surface area contributed by atoms with Crippen molar-refractivity contribution in [2.45, 2.75) is 19.9 Å². The Morgan fingerprint density at radius 3 is 2.95 bits per heavy atom. The summed E-state index contributed by atoms with van der Waals surface area (Å²) in [4.78, 5) is 8.63. The third-order valence-corrected chi connectivity index (χ3v) is 3.26. The fourth-order valence-electron chi connectivity index (χ4n) is 2.21. The number of fused-ring (bicyclic) bond motifs is 1. The van der Waals surface area contributed by atoms with Gasteiger partial charge in [-0.3, -0.25) is 0 Å². The van der Waals surface area contributed by atoms with Crippen LogP contribution in [0.4, 0.5) is 4.39 Å². The van der Waals surface area contributed by atoms with Crippen LogP contribution in [-0.4, -0.2) is 20.4 Å². The molecule has 4 nitrogen and oxygen atoms in total. The number of nitrogens with zero attached hydrogens (tertiary/aromatic N) is 3. The van der Waals surface area contributed by atoms with Gasteiger partial charge in [0.25, 0.3) is 0 Å². The van der Waals surface area contributed by atoms with Crippen LogP contribution in [-0.2, 0) is 13.0 Å². The number of rotatable bonds is 4. The van der Waals surface area contributed by atoms with E-state index in [9.17, 15) is 4.39 Å². The molecule has 0 aliphatic carbocycles. The van der Waals surface area contributed by atoms with Gasteiger partial charge in [-0.2, -0.15) is 0 Å². The summed E-state index contributed by atoms with van der Waals surface area (Å²) in [6, 6.07) is 4.56. The molecule has 3 rings (SSSR count). The van der Waals surface area contributed by atoms with Crippen LogP contribution in [0.15, 0.2) is 28.8 Å². The van der Waals surface area contributed by atoms with Crippen LogP contribution in [0, 0.1) is 12.7 Å². The maximum absolute atomic E-state index is 13.3. The molecule has 2 aromatic heterocycles. The van der Waals surface area contributed by atoms with E-state index in [0.29, 0.717) is 30.3 Å². The first kappa shape index (κ1) is 13.1. The van der Waals surface area contributed by atoms with Crippen LogP contribution in [0.3, 0.4) is 0 Å². The monoisotopic (exact) mass is 293 g/mol. The number of alkyl halides is 1. The maximum Gasteiger partial charge on any atom is 0.214 e. The molecule has 0 amide bonds.